The molecule has 0 amide bonds. The van der Waals surface area contributed by atoms with Crippen LogP contribution in [0.1, 0.15) is 11.9 Å². The largest absolute Gasteiger partial charge is 0.317 e. The van der Waals surface area contributed by atoms with E-state index < -0.39 is 0 Å². The lowest BCUT2D eigenvalue weighted by atomic mass is 10.1. The standard InChI is InChI=1S/C15H16N4S/c1-2-16-9-8-13-18-19-15(20-13)14-12-6-4-3-5-11(12)7-10-17-14/h3-7,10,16H,2,8-9H2,1H3. The van der Waals surface area contributed by atoms with Crippen molar-refractivity contribution in [2.45, 2.75) is 13.3 Å². The number of hydrogen-bond donors (Lipinski definition) is 1. The molecule has 0 fully saturated rings. The first-order chi connectivity index (χ1) is 9.88. The molecule has 1 aromatic carbocycles. The SMILES string of the molecule is CCNCCc1nnc(-c2nccc3ccccc23)s1. The van der Waals surface area contributed by atoms with Crippen molar-refractivity contribution in [3.8, 4) is 10.7 Å². The summed E-state index contributed by atoms with van der Waals surface area (Å²) >= 11 is 1.63. The highest BCUT2D eigenvalue weighted by molar-refractivity contribution is 7.14. The summed E-state index contributed by atoms with van der Waals surface area (Å²) in [5.74, 6) is 0. The van der Waals surface area contributed by atoms with E-state index in [0.29, 0.717) is 0 Å². The number of aromatic nitrogens is 3. The third-order valence-electron chi connectivity index (χ3n) is 3.11. The number of nitrogens with one attached hydrogen (secondary N) is 1. The van der Waals surface area contributed by atoms with E-state index in [1.165, 1.54) is 5.39 Å². The zero-order valence-corrected chi connectivity index (χ0v) is 12.2. The first-order valence-corrected chi connectivity index (χ1v) is 7.57. The quantitative estimate of drug-likeness (QED) is 0.732. The van der Waals surface area contributed by atoms with Crippen LogP contribution in [0.3, 0.4) is 0 Å². The van der Waals surface area contributed by atoms with Crippen molar-refractivity contribution < 1.29 is 0 Å². The summed E-state index contributed by atoms with van der Waals surface area (Å²) in [6.45, 7) is 4.02. The molecule has 3 rings (SSSR count). The van der Waals surface area contributed by atoms with E-state index in [-0.39, 0.29) is 0 Å². The van der Waals surface area contributed by atoms with E-state index >= 15 is 0 Å². The minimum absolute atomic E-state index is 0.897. The molecule has 0 saturated heterocycles. The van der Waals surface area contributed by atoms with E-state index in [2.05, 4.69) is 39.6 Å². The normalized spacial score (nSPS) is 11.1. The fraction of sp³-hybridized carbons (Fsp3) is 0.267. The molecule has 0 bridgehead atoms. The van der Waals surface area contributed by atoms with Crippen LogP contribution >= 0.6 is 11.3 Å². The fourth-order valence-corrected chi connectivity index (χ4v) is 2.96. The maximum Gasteiger partial charge on any atom is 0.166 e. The van der Waals surface area contributed by atoms with Gasteiger partial charge in [-0.15, -0.1) is 10.2 Å². The van der Waals surface area contributed by atoms with E-state index in [0.717, 1.165) is 40.6 Å². The number of pyridine rings is 1. The van der Waals surface area contributed by atoms with Crippen molar-refractivity contribution in [1.82, 2.24) is 20.5 Å². The second-order valence-electron chi connectivity index (χ2n) is 4.49. The van der Waals surface area contributed by atoms with E-state index in [1.54, 1.807) is 11.3 Å². The molecule has 0 radical (unpaired) electrons. The molecule has 0 aliphatic carbocycles. The smallest absolute Gasteiger partial charge is 0.166 e. The summed E-state index contributed by atoms with van der Waals surface area (Å²) in [4.78, 5) is 4.48. The van der Waals surface area contributed by atoms with Crippen molar-refractivity contribution >= 4 is 22.1 Å². The Morgan fingerprint density at radius 1 is 1.15 bits per heavy atom. The highest BCUT2D eigenvalue weighted by Gasteiger charge is 2.10. The average Bonchev–Trinajstić information content (AvgIpc) is 2.96. The molecule has 0 aliphatic rings. The van der Waals surface area contributed by atoms with E-state index in [9.17, 15) is 0 Å². The van der Waals surface area contributed by atoms with Crippen LogP contribution in [0.5, 0.6) is 0 Å². The second kappa shape index (κ2) is 6.07. The van der Waals surface area contributed by atoms with Gasteiger partial charge in [0, 0.05) is 24.5 Å². The van der Waals surface area contributed by atoms with Gasteiger partial charge in [-0.2, -0.15) is 0 Å². The molecule has 102 valence electrons. The predicted molar refractivity (Wildman–Crippen MR) is 82.9 cm³/mol. The second-order valence-corrected chi connectivity index (χ2v) is 5.55. The fourth-order valence-electron chi connectivity index (χ4n) is 2.11. The van der Waals surface area contributed by atoms with Crippen molar-refractivity contribution in [2.24, 2.45) is 0 Å². The summed E-state index contributed by atoms with van der Waals surface area (Å²) < 4.78 is 0. The zero-order valence-electron chi connectivity index (χ0n) is 11.3. The van der Waals surface area contributed by atoms with Crippen LogP contribution in [0.4, 0.5) is 0 Å². The van der Waals surface area contributed by atoms with Gasteiger partial charge in [-0.3, -0.25) is 4.98 Å². The van der Waals surface area contributed by atoms with Gasteiger partial charge in [-0.1, -0.05) is 42.5 Å². The summed E-state index contributed by atoms with van der Waals surface area (Å²) in [5, 5.41) is 16.1. The summed E-state index contributed by atoms with van der Waals surface area (Å²) in [5.41, 5.74) is 0.926. The lowest BCUT2D eigenvalue weighted by molar-refractivity contribution is 0.710. The molecule has 0 unspecified atom stereocenters. The summed E-state index contributed by atoms with van der Waals surface area (Å²) in [6.07, 6.45) is 2.74. The highest BCUT2D eigenvalue weighted by atomic mass is 32.1. The first-order valence-electron chi connectivity index (χ1n) is 6.75. The number of hydrogen-bond acceptors (Lipinski definition) is 5. The van der Waals surface area contributed by atoms with Crippen LogP contribution < -0.4 is 5.32 Å². The van der Waals surface area contributed by atoms with Gasteiger partial charge in [-0.25, -0.2) is 0 Å². The molecule has 5 heteroatoms. The number of benzene rings is 1. The van der Waals surface area contributed by atoms with Gasteiger partial charge in [-0.05, 0) is 18.0 Å². The number of nitrogens with zero attached hydrogens (tertiary/aromatic N) is 3. The molecule has 4 nitrogen and oxygen atoms in total. The van der Waals surface area contributed by atoms with Crippen LogP contribution in [-0.2, 0) is 6.42 Å². The molecule has 20 heavy (non-hydrogen) atoms. The Morgan fingerprint density at radius 2 is 2.05 bits per heavy atom. The molecule has 0 saturated carbocycles. The van der Waals surface area contributed by atoms with Gasteiger partial charge in [0.25, 0.3) is 0 Å². The number of likely N-dealkylation sites (N-methyl/N-ethyl adjacent to an activating group) is 1. The Morgan fingerprint density at radius 3 is 2.95 bits per heavy atom. The lowest BCUT2D eigenvalue weighted by Crippen LogP contribution is -2.15. The van der Waals surface area contributed by atoms with Gasteiger partial charge in [0.2, 0.25) is 0 Å². The Hall–Kier alpha value is -1.85. The Kier molecular flexibility index (Phi) is 3.99. The predicted octanol–water partition coefficient (Wildman–Crippen LogP) is 2.91. The van der Waals surface area contributed by atoms with Crippen molar-refractivity contribution in [1.29, 1.82) is 0 Å². The van der Waals surface area contributed by atoms with E-state index in [1.807, 2.05) is 24.4 Å². The molecular formula is C15H16N4S. The third-order valence-corrected chi connectivity index (χ3v) is 4.10. The molecule has 3 aromatic rings. The minimum atomic E-state index is 0.897. The van der Waals surface area contributed by atoms with Gasteiger partial charge in [0.15, 0.2) is 5.01 Å². The zero-order chi connectivity index (χ0) is 13.8. The van der Waals surface area contributed by atoms with Gasteiger partial charge in [0.05, 0.1) is 0 Å². The molecule has 0 atom stereocenters. The maximum atomic E-state index is 4.48. The maximum absolute atomic E-state index is 4.48. The molecule has 0 spiro atoms. The molecule has 0 aliphatic heterocycles. The third kappa shape index (κ3) is 2.69. The summed E-state index contributed by atoms with van der Waals surface area (Å²) in [7, 11) is 0. The van der Waals surface area contributed by atoms with Crippen molar-refractivity contribution in [2.75, 3.05) is 13.1 Å². The molecule has 2 heterocycles. The molecule has 2 aromatic heterocycles. The Bertz CT molecular complexity index is 702. The minimum Gasteiger partial charge on any atom is -0.317 e. The van der Waals surface area contributed by atoms with Crippen LogP contribution in [0.25, 0.3) is 21.5 Å². The lowest BCUT2D eigenvalue weighted by Gasteiger charge is -2.01. The molecule has 1 N–H and O–H groups in total. The Labute approximate surface area is 121 Å². The molecular weight excluding hydrogens is 268 g/mol. The van der Waals surface area contributed by atoms with Crippen LogP contribution in [0, 0.1) is 0 Å². The van der Waals surface area contributed by atoms with Crippen LogP contribution in [0.15, 0.2) is 36.5 Å². The van der Waals surface area contributed by atoms with Gasteiger partial charge >= 0.3 is 0 Å². The van der Waals surface area contributed by atoms with E-state index in [4.69, 9.17) is 0 Å². The Balaban J connectivity index is 1.91. The van der Waals surface area contributed by atoms with Crippen molar-refractivity contribution in [3.63, 3.8) is 0 Å². The number of fused-ring (bicyclic) bond motifs is 1. The van der Waals surface area contributed by atoms with Crippen LogP contribution in [0.2, 0.25) is 0 Å². The van der Waals surface area contributed by atoms with Crippen molar-refractivity contribution in [3.05, 3.63) is 41.5 Å². The topological polar surface area (TPSA) is 50.7 Å². The van der Waals surface area contributed by atoms with Crippen LogP contribution in [-0.4, -0.2) is 28.3 Å². The first kappa shape index (κ1) is 13.1. The monoisotopic (exact) mass is 284 g/mol. The van der Waals surface area contributed by atoms with Gasteiger partial charge in [0.1, 0.15) is 10.7 Å². The summed E-state index contributed by atoms with van der Waals surface area (Å²) in [6, 6.07) is 10.3. The number of rotatable bonds is 5. The highest BCUT2D eigenvalue weighted by Crippen LogP contribution is 2.28. The van der Waals surface area contributed by atoms with Gasteiger partial charge < -0.3 is 5.32 Å². The average molecular weight is 284 g/mol.